The number of aliphatic hydroxyl groups excluding tert-OH is 8. The van der Waals surface area contributed by atoms with Gasteiger partial charge >= 0.3 is 0 Å². The lowest BCUT2D eigenvalue weighted by Gasteiger charge is -2.50. The van der Waals surface area contributed by atoms with Crippen molar-refractivity contribution in [3.8, 4) is 0 Å². The molecule has 210 valence electrons. The highest BCUT2D eigenvalue weighted by Crippen LogP contribution is 2.33. The lowest BCUT2D eigenvalue weighted by atomic mass is 9.92. The molecule has 3 saturated heterocycles. The Balaban J connectivity index is 1.92. The minimum Gasteiger partial charge on any atom is -0.394 e. The molecular weight excluding hydrogens is 490 g/mol. The Bertz CT molecular complexity index is 729. The van der Waals surface area contributed by atoms with Crippen molar-refractivity contribution in [1.29, 1.82) is 0 Å². The van der Waals surface area contributed by atoms with E-state index in [0.717, 1.165) is 0 Å². The molecule has 0 aromatic carbocycles. The van der Waals surface area contributed by atoms with Gasteiger partial charge in [0.05, 0.1) is 31.5 Å². The van der Waals surface area contributed by atoms with Gasteiger partial charge in [-0.2, -0.15) is 0 Å². The van der Waals surface area contributed by atoms with E-state index in [4.69, 9.17) is 23.7 Å². The van der Waals surface area contributed by atoms with Gasteiger partial charge in [-0.3, -0.25) is 4.79 Å². The molecule has 0 bridgehead atoms. The van der Waals surface area contributed by atoms with E-state index in [1.807, 2.05) is 0 Å². The number of carbonyl (C=O) groups is 1. The Hall–Kier alpha value is -1.05. The Morgan fingerprint density at radius 1 is 0.694 bits per heavy atom. The van der Waals surface area contributed by atoms with Gasteiger partial charge < -0.3 is 69.9 Å². The van der Waals surface area contributed by atoms with Gasteiger partial charge in [0.25, 0.3) is 0 Å². The van der Waals surface area contributed by atoms with E-state index in [-0.39, 0.29) is 0 Å². The van der Waals surface area contributed by atoms with Gasteiger partial charge in [0, 0.05) is 6.92 Å². The highest BCUT2D eigenvalue weighted by Gasteiger charge is 2.53. The Morgan fingerprint density at radius 3 is 1.78 bits per heavy atom. The second-order valence-corrected chi connectivity index (χ2v) is 9.37. The second kappa shape index (κ2) is 12.2. The van der Waals surface area contributed by atoms with Crippen LogP contribution in [0.2, 0.25) is 0 Å². The average molecular weight is 528 g/mol. The van der Waals surface area contributed by atoms with E-state index in [2.05, 4.69) is 5.32 Å². The van der Waals surface area contributed by atoms with Crippen molar-refractivity contribution in [2.24, 2.45) is 0 Å². The van der Waals surface area contributed by atoms with Crippen LogP contribution >= 0.6 is 0 Å². The molecule has 0 aromatic rings. The average Bonchev–Trinajstić information content (AvgIpc) is 2.84. The standard InChI is InChI=1S/C21H37NO14/c1-6-11(22-8(3)25)19(36-20-16(30)14(28)12(26)7(2)33-20)18(10(5-24)32-6)35-21-17(31)15(29)13(27)9(4-23)34-21/h6-7,9-21,23-24,26-31H,4-5H2,1-3H3,(H,22,25)/t6-,7?,9?,10?,11?,12+,13-,14?,15-,16-,17?,18+,19+,20-,21-/m0/s1. The zero-order chi connectivity index (χ0) is 26.9. The summed E-state index contributed by atoms with van der Waals surface area (Å²) < 4.78 is 28.5. The number of nitrogens with one attached hydrogen (secondary N) is 1. The molecule has 3 fully saturated rings. The van der Waals surface area contributed by atoms with Gasteiger partial charge in [0.15, 0.2) is 12.6 Å². The number of rotatable bonds is 7. The lowest BCUT2D eigenvalue weighted by Crippen LogP contribution is -2.69. The Kier molecular flexibility index (Phi) is 10.0. The number of carbonyl (C=O) groups excluding carboxylic acids is 1. The predicted molar refractivity (Wildman–Crippen MR) is 115 cm³/mol. The van der Waals surface area contributed by atoms with Crippen LogP contribution in [0.4, 0.5) is 0 Å². The zero-order valence-electron chi connectivity index (χ0n) is 20.1. The Morgan fingerprint density at radius 2 is 1.22 bits per heavy atom. The van der Waals surface area contributed by atoms with Crippen molar-refractivity contribution >= 4 is 5.91 Å². The van der Waals surface area contributed by atoms with Gasteiger partial charge in [-0.15, -0.1) is 0 Å². The van der Waals surface area contributed by atoms with Gasteiger partial charge in [0.2, 0.25) is 5.91 Å². The largest absolute Gasteiger partial charge is 0.394 e. The van der Waals surface area contributed by atoms with Crippen molar-refractivity contribution in [2.75, 3.05) is 13.2 Å². The fraction of sp³-hybridized carbons (Fsp3) is 0.952. The number of ether oxygens (including phenoxy) is 5. The highest BCUT2D eigenvalue weighted by molar-refractivity contribution is 5.73. The molecule has 36 heavy (non-hydrogen) atoms. The molecule has 3 rings (SSSR count). The van der Waals surface area contributed by atoms with Crippen LogP contribution in [0.15, 0.2) is 0 Å². The summed E-state index contributed by atoms with van der Waals surface area (Å²) in [6.45, 7) is 2.95. The molecule has 3 heterocycles. The minimum absolute atomic E-state index is 0.480. The highest BCUT2D eigenvalue weighted by atomic mass is 16.7. The molecule has 0 aliphatic carbocycles. The van der Waals surface area contributed by atoms with Crippen molar-refractivity contribution in [2.45, 2.75) is 113 Å². The molecule has 6 unspecified atom stereocenters. The summed E-state index contributed by atoms with van der Waals surface area (Å²) in [5.41, 5.74) is 0. The molecule has 9 N–H and O–H groups in total. The quantitative estimate of drug-likeness (QED) is 0.150. The van der Waals surface area contributed by atoms with E-state index >= 15 is 0 Å². The van der Waals surface area contributed by atoms with E-state index in [1.54, 1.807) is 6.92 Å². The second-order valence-electron chi connectivity index (χ2n) is 9.37. The van der Waals surface area contributed by atoms with Crippen LogP contribution in [0.1, 0.15) is 20.8 Å². The SMILES string of the molecule is CC(=O)NC1[C@H](C)OC(CO)[C@@H](O[C@@H]2OC(CO)[C@H](O)[C@H](O)C2O)[C@@H]1O[C@@H]1OC(C)[C@@H](O)C(O)[C@@H]1O. The number of aliphatic hydroxyl groups is 8. The molecule has 15 heteroatoms. The number of hydrogen-bond donors (Lipinski definition) is 9. The molecule has 3 aliphatic rings. The van der Waals surface area contributed by atoms with Gasteiger partial charge in [-0.05, 0) is 13.8 Å². The fourth-order valence-electron chi connectivity index (χ4n) is 4.64. The van der Waals surface area contributed by atoms with E-state index in [1.165, 1.54) is 13.8 Å². The molecule has 0 saturated carbocycles. The number of hydrogen-bond acceptors (Lipinski definition) is 14. The third kappa shape index (κ3) is 5.99. The lowest BCUT2D eigenvalue weighted by molar-refractivity contribution is -0.360. The van der Waals surface area contributed by atoms with Crippen molar-refractivity contribution in [1.82, 2.24) is 5.32 Å². The summed E-state index contributed by atoms with van der Waals surface area (Å²) in [4.78, 5) is 11.9. The zero-order valence-corrected chi connectivity index (χ0v) is 20.1. The first-order valence-corrected chi connectivity index (χ1v) is 11.8. The van der Waals surface area contributed by atoms with Crippen LogP contribution in [0.3, 0.4) is 0 Å². The molecule has 0 radical (unpaired) electrons. The van der Waals surface area contributed by atoms with Crippen molar-refractivity contribution in [3.05, 3.63) is 0 Å². The molecule has 15 atom stereocenters. The molecule has 15 nitrogen and oxygen atoms in total. The summed E-state index contributed by atoms with van der Waals surface area (Å²) >= 11 is 0. The van der Waals surface area contributed by atoms with Crippen molar-refractivity contribution < 1.29 is 69.3 Å². The van der Waals surface area contributed by atoms with Gasteiger partial charge in [-0.25, -0.2) is 0 Å². The van der Waals surface area contributed by atoms with Crippen LogP contribution in [-0.4, -0.2) is 152 Å². The number of amides is 1. The summed E-state index contributed by atoms with van der Waals surface area (Å²) in [5.74, 6) is -0.480. The summed E-state index contributed by atoms with van der Waals surface area (Å²) in [7, 11) is 0. The van der Waals surface area contributed by atoms with Crippen LogP contribution in [0.25, 0.3) is 0 Å². The first-order chi connectivity index (χ1) is 16.9. The fourth-order valence-corrected chi connectivity index (χ4v) is 4.64. The maximum absolute atomic E-state index is 11.9. The van der Waals surface area contributed by atoms with Crippen molar-refractivity contribution in [3.63, 3.8) is 0 Å². The molecule has 0 spiro atoms. The summed E-state index contributed by atoms with van der Waals surface area (Å²) in [5, 5.41) is 83.4. The smallest absolute Gasteiger partial charge is 0.217 e. The maximum Gasteiger partial charge on any atom is 0.217 e. The molecule has 1 amide bonds. The van der Waals surface area contributed by atoms with Crippen LogP contribution < -0.4 is 5.32 Å². The van der Waals surface area contributed by atoms with Gasteiger partial charge in [0.1, 0.15) is 61.0 Å². The molecule has 3 aliphatic heterocycles. The molecule has 0 aromatic heterocycles. The van der Waals surface area contributed by atoms with Crippen LogP contribution in [0, 0.1) is 0 Å². The monoisotopic (exact) mass is 527 g/mol. The summed E-state index contributed by atoms with van der Waals surface area (Å²) in [6.07, 6.45) is -19.7. The summed E-state index contributed by atoms with van der Waals surface area (Å²) in [6, 6.07) is -0.963. The normalized spacial score (nSPS) is 50.0. The third-order valence-corrected chi connectivity index (χ3v) is 6.73. The van der Waals surface area contributed by atoms with E-state index in [0.29, 0.717) is 0 Å². The van der Waals surface area contributed by atoms with E-state index in [9.17, 15) is 45.6 Å². The first kappa shape index (κ1) is 29.5. The molecular formula is C21H37NO14. The van der Waals surface area contributed by atoms with E-state index < -0.39 is 111 Å². The first-order valence-electron chi connectivity index (χ1n) is 11.8. The maximum atomic E-state index is 11.9. The third-order valence-electron chi connectivity index (χ3n) is 6.73. The Labute approximate surface area is 207 Å². The predicted octanol–water partition coefficient (Wildman–Crippen LogP) is -5.33. The van der Waals surface area contributed by atoms with Crippen LogP contribution in [0.5, 0.6) is 0 Å². The van der Waals surface area contributed by atoms with Crippen LogP contribution in [-0.2, 0) is 28.5 Å². The topological polar surface area (TPSA) is 237 Å². The van der Waals surface area contributed by atoms with Gasteiger partial charge in [-0.1, -0.05) is 0 Å². The minimum atomic E-state index is -1.78.